The lowest BCUT2D eigenvalue weighted by atomic mass is 10.1. The minimum atomic E-state index is 0.942. The summed E-state index contributed by atoms with van der Waals surface area (Å²) in [7, 11) is 2.03. The van der Waals surface area contributed by atoms with Crippen LogP contribution in [0.2, 0.25) is 0 Å². The van der Waals surface area contributed by atoms with Crippen molar-refractivity contribution < 1.29 is 0 Å². The zero-order chi connectivity index (χ0) is 13.8. The Morgan fingerprint density at radius 2 is 1.35 bits per heavy atom. The first-order chi connectivity index (χ1) is 9.84. The Kier molecular flexibility index (Phi) is 3.46. The van der Waals surface area contributed by atoms with Crippen LogP contribution in [0.3, 0.4) is 0 Å². The van der Waals surface area contributed by atoms with Crippen LogP contribution >= 0.6 is 0 Å². The van der Waals surface area contributed by atoms with E-state index in [2.05, 4.69) is 29.2 Å². The van der Waals surface area contributed by atoms with Gasteiger partial charge in [-0.1, -0.05) is 54.6 Å². The number of benzene rings is 2. The number of aromatic nitrogens is 1. The second kappa shape index (κ2) is 5.57. The summed E-state index contributed by atoms with van der Waals surface area (Å²) in [5, 5.41) is 0. The molecule has 2 nitrogen and oxygen atoms in total. The van der Waals surface area contributed by atoms with Crippen molar-refractivity contribution in [2.75, 3.05) is 11.9 Å². The maximum absolute atomic E-state index is 4.75. The van der Waals surface area contributed by atoms with Gasteiger partial charge in [0.15, 0.2) is 0 Å². The molecule has 0 aliphatic carbocycles. The fourth-order valence-corrected chi connectivity index (χ4v) is 2.16. The highest BCUT2D eigenvalue weighted by molar-refractivity contribution is 5.65. The Morgan fingerprint density at radius 1 is 0.700 bits per heavy atom. The van der Waals surface area contributed by atoms with Crippen LogP contribution in [0.5, 0.6) is 0 Å². The molecule has 3 aromatic rings. The lowest BCUT2D eigenvalue weighted by molar-refractivity contribution is 1.13. The number of anilines is 2. The SMILES string of the molecule is CN(c1ccccc1)c1cccc(-c2ccccc2)n1. The third-order valence-electron chi connectivity index (χ3n) is 3.29. The largest absolute Gasteiger partial charge is 0.329 e. The van der Waals surface area contributed by atoms with Crippen LogP contribution in [0.15, 0.2) is 78.9 Å². The summed E-state index contributed by atoms with van der Waals surface area (Å²) in [5.41, 5.74) is 3.26. The van der Waals surface area contributed by atoms with Crippen LogP contribution in [-0.2, 0) is 0 Å². The van der Waals surface area contributed by atoms with Crippen molar-refractivity contribution in [3.63, 3.8) is 0 Å². The third-order valence-corrected chi connectivity index (χ3v) is 3.29. The van der Waals surface area contributed by atoms with Crippen molar-refractivity contribution in [1.29, 1.82) is 0 Å². The molecule has 98 valence electrons. The van der Waals surface area contributed by atoms with Gasteiger partial charge in [0.2, 0.25) is 0 Å². The van der Waals surface area contributed by atoms with Crippen molar-refractivity contribution in [2.45, 2.75) is 0 Å². The van der Waals surface area contributed by atoms with Gasteiger partial charge in [0.1, 0.15) is 5.82 Å². The molecule has 0 spiro atoms. The van der Waals surface area contributed by atoms with E-state index in [4.69, 9.17) is 4.98 Å². The number of hydrogen-bond donors (Lipinski definition) is 0. The van der Waals surface area contributed by atoms with Gasteiger partial charge in [-0.3, -0.25) is 0 Å². The first kappa shape index (κ1) is 12.4. The zero-order valence-electron chi connectivity index (χ0n) is 11.4. The van der Waals surface area contributed by atoms with E-state index in [1.807, 2.05) is 61.6 Å². The molecule has 0 fully saturated rings. The second-order valence-electron chi connectivity index (χ2n) is 4.64. The van der Waals surface area contributed by atoms with Gasteiger partial charge in [-0.25, -0.2) is 4.98 Å². The molecule has 1 heterocycles. The number of para-hydroxylation sites is 1. The first-order valence-corrected chi connectivity index (χ1v) is 6.66. The van der Waals surface area contributed by atoms with E-state index in [9.17, 15) is 0 Å². The molecule has 0 radical (unpaired) electrons. The molecule has 0 unspecified atom stereocenters. The molecule has 0 amide bonds. The van der Waals surface area contributed by atoms with E-state index in [1.54, 1.807) is 0 Å². The quantitative estimate of drug-likeness (QED) is 0.688. The van der Waals surface area contributed by atoms with Crippen molar-refractivity contribution in [3.8, 4) is 11.3 Å². The number of rotatable bonds is 3. The standard InChI is InChI=1S/C18H16N2/c1-20(16-11-6-3-7-12-16)18-14-8-13-17(19-18)15-9-4-2-5-10-15/h2-14H,1H3. The van der Waals surface area contributed by atoms with Gasteiger partial charge >= 0.3 is 0 Å². The molecule has 20 heavy (non-hydrogen) atoms. The Balaban J connectivity index is 1.96. The average molecular weight is 260 g/mol. The number of hydrogen-bond acceptors (Lipinski definition) is 2. The molecule has 2 aromatic carbocycles. The van der Waals surface area contributed by atoms with Gasteiger partial charge in [-0.15, -0.1) is 0 Å². The minimum Gasteiger partial charge on any atom is -0.329 e. The monoisotopic (exact) mass is 260 g/mol. The predicted octanol–water partition coefficient (Wildman–Crippen LogP) is 4.52. The molecule has 0 bridgehead atoms. The highest BCUT2D eigenvalue weighted by Crippen LogP contribution is 2.24. The molecule has 2 heteroatoms. The van der Waals surface area contributed by atoms with Crippen molar-refractivity contribution in [1.82, 2.24) is 4.98 Å². The molecule has 0 aliphatic heterocycles. The van der Waals surface area contributed by atoms with Crippen LogP contribution < -0.4 is 4.90 Å². The summed E-state index contributed by atoms with van der Waals surface area (Å²) in [5.74, 6) is 0.942. The molecule has 1 aromatic heterocycles. The highest BCUT2D eigenvalue weighted by Gasteiger charge is 2.06. The average Bonchev–Trinajstić information content (AvgIpc) is 2.56. The fraction of sp³-hybridized carbons (Fsp3) is 0.0556. The summed E-state index contributed by atoms with van der Waals surface area (Å²) in [4.78, 5) is 6.83. The van der Waals surface area contributed by atoms with E-state index >= 15 is 0 Å². The van der Waals surface area contributed by atoms with Gasteiger partial charge in [0, 0.05) is 18.3 Å². The molecular weight excluding hydrogens is 244 g/mol. The van der Waals surface area contributed by atoms with Crippen LogP contribution in [0.1, 0.15) is 0 Å². The summed E-state index contributed by atoms with van der Waals surface area (Å²) in [6, 6.07) is 26.6. The Hall–Kier alpha value is -2.61. The van der Waals surface area contributed by atoms with Crippen LogP contribution in [-0.4, -0.2) is 12.0 Å². The Morgan fingerprint density at radius 3 is 2.05 bits per heavy atom. The van der Waals surface area contributed by atoms with E-state index < -0.39 is 0 Å². The normalized spacial score (nSPS) is 10.2. The Labute approximate surface area is 119 Å². The molecular formula is C18H16N2. The summed E-state index contributed by atoms with van der Waals surface area (Å²) < 4.78 is 0. The summed E-state index contributed by atoms with van der Waals surface area (Å²) in [6.45, 7) is 0. The van der Waals surface area contributed by atoms with Gasteiger partial charge < -0.3 is 4.90 Å². The zero-order valence-corrected chi connectivity index (χ0v) is 11.4. The second-order valence-corrected chi connectivity index (χ2v) is 4.64. The molecule has 3 rings (SSSR count). The van der Waals surface area contributed by atoms with Gasteiger partial charge in [0.05, 0.1) is 5.69 Å². The molecule has 0 saturated heterocycles. The lowest BCUT2D eigenvalue weighted by Crippen LogP contribution is -2.11. The molecule has 0 aliphatic rings. The van der Waals surface area contributed by atoms with Crippen LogP contribution in [0, 0.1) is 0 Å². The summed E-state index contributed by atoms with van der Waals surface area (Å²) >= 11 is 0. The number of nitrogens with zero attached hydrogens (tertiary/aromatic N) is 2. The maximum atomic E-state index is 4.75. The maximum Gasteiger partial charge on any atom is 0.133 e. The molecule has 0 N–H and O–H groups in total. The first-order valence-electron chi connectivity index (χ1n) is 6.66. The van der Waals surface area contributed by atoms with Crippen molar-refractivity contribution >= 4 is 11.5 Å². The van der Waals surface area contributed by atoms with Crippen LogP contribution in [0.25, 0.3) is 11.3 Å². The predicted molar refractivity (Wildman–Crippen MR) is 84.2 cm³/mol. The number of pyridine rings is 1. The van der Waals surface area contributed by atoms with Gasteiger partial charge in [0.25, 0.3) is 0 Å². The van der Waals surface area contributed by atoms with E-state index in [1.165, 1.54) is 0 Å². The van der Waals surface area contributed by atoms with Crippen LogP contribution in [0.4, 0.5) is 11.5 Å². The molecule has 0 saturated carbocycles. The van der Waals surface area contributed by atoms with E-state index in [0.29, 0.717) is 0 Å². The van der Waals surface area contributed by atoms with Gasteiger partial charge in [-0.2, -0.15) is 0 Å². The van der Waals surface area contributed by atoms with E-state index in [-0.39, 0.29) is 0 Å². The topological polar surface area (TPSA) is 16.1 Å². The van der Waals surface area contributed by atoms with Crippen molar-refractivity contribution in [3.05, 3.63) is 78.9 Å². The highest BCUT2D eigenvalue weighted by atomic mass is 15.2. The van der Waals surface area contributed by atoms with Gasteiger partial charge in [-0.05, 0) is 24.3 Å². The van der Waals surface area contributed by atoms with Crippen molar-refractivity contribution in [2.24, 2.45) is 0 Å². The third kappa shape index (κ3) is 2.54. The lowest BCUT2D eigenvalue weighted by Gasteiger charge is -2.18. The molecule has 0 atom stereocenters. The smallest absolute Gasteiger partial charge is 0.133 e. The van der Waals surface area contributed by atoms with E-state index in [0.717, 1.165) is 22.8 Å². The minimum absolute atomic E-state index is 0.942. The fourth-order valence-electron chi connectivity index (χ4n) is 2.16. The summed E-state index contributed by atoms with van der Waals surface area (Å²) in [6.07, 6.45) is 0. The Bertz CT molecular complexity index is 678.